The lowest BCUT2D eigenvalue weighted by molar-refractivity contribution is -0.117. The number of thioether (sulfide) groups is 1. The molecule has 3 N–H and O–H groups in total. The Labute approximate surface area is 140 Å². The monoisotopic (exact) mass is 336 g/mol. The van der Waals surface area contributed by atoms with E-state index < -0.39 is 5.91 Å². The fourth-order valence-corrected chi connectivity index (χ4v) is 3.15. The van der Waals surface area contributed by atoms with E-state index >= 15 is 0 Å². The van der Waals surface area contributed by atoms with Gasteiger partial charge in [0.05, 0.1) is 25.2 Å². The highest BCUT2D eigenvalue weighted by molar-refractivity contribution is 7.99. The third kappa shape index (κ3) is 6.21. The van der Waals surface area contributed by atoms with E-state index in [-0.39, 0.29) is 5.91 Å². The third-order valence-corrected chi connectivity index (χ3v) is 4.49. The molecule has 0 atom stereocenters. The van der Waals surface area contributed by atoms with Gasteiger partial charge in [-0.2, -0.15) is 0 Å². The lowest BCUT2D eigenvalue weighted by Gasteiger charge is -2.26. The Balaban J connectivity index is 1.64. The zero-order valence-electron chi connectivity index (χ0n) is 13.0. The van der Waals surface area contributed by atoms with Crippen molar-refractivity contribution >= 4 is 23.6 Å². The Morgan fingerprint density at radius 1 is 1.30 bits per heavy atom. The second-order valence-corrected chi connectivity index (χ2v) is 6.18. The van der Waals surface area contributed by atoms with E-state index in [0.29, 0.717) is 17.9 Å². The molecule has 0 aromatic heterocycles. The molecule has 0 spiro atoms. The Kier molecular flexibility index (Phi) is 7.38. The third-order valence-electron chi connectivity index (χ3n) is 3.49. The van der Waals surface area contributed by atoms with E-state index in [1.54, 1.807) is 18.6 Å². The van der Waals surface area contributed by atoms with Crippen LogP contribution < -0.4 is 11.1 Å². The molecule has 0 unspecified atom stereocenters. The molecule has 1 saturated heterocycles. The summed E-state index contributed by atoms with van der Waals surface area (Å²) >= 11 is 1.42. The van der Waals surface area contributed by atoms with E-state index in [1.165, 1.54) is 11.8 Å². The van der Waals surface area contributed by atoms with Gasteiger partial charge in [-0.3, -0.25) is 14.5 Å². The normalized spacial score (nSPS) is 15.3. The number of nitrogens with zero attached hydrogens (tertiary/aromatic N) is 1. The second-order valence-electron chi connectivity index (χ2n) is 5.12. The molecule has 1 heterocycles. The number of hydrogen-bond donors (Lipinski definition) is 2. The molecule has 1 fully saturated rings. The Morgan fingerprint density at radius 3 is 2.78 bits per heavy atom. The number of nitrogens with two attached hydrogens (primary N) is 1. The van der Waals surface area contributed by atoms with Crippen molar-refractivity contribution in [3.63, 3.8) is 0 Å². The molecule has 0 aliphatic carbocycles. The molecular formula is C16H22N3O3S. The van der Waals surface area contributed by atoms with Crippen molar-refractivity contribution < 1.29 is 14.3 Å². The first-order chi connectivity index (χ1) is 11.2. The maximum absolute atomic E-state index is 11.8. The maximum atomic E-state index is 11.8. The summed E-state index contributed by atoms with van der Waals surface area (Å²) in [6.45, 7) is 4.81. The molecule has 2 amide bonds. The smallest absolute Gasteiger partial charge is 0.249 e. The molecule has 1 aliphatic rings. The minimum Gasteiger partial charge on any atom is -0.379 e. The SMILES string of the molecule is NC(=O)c1ccccc1SC[CH]C(=O)NCCN1CCOCC1. The first-order valence-electron chi connectivity index (χ1n) is 7.59. The minimum atomic E-state index is -0.455. The summed E-state index contributed by atoms with van der Waals surface area (Å²) in [7, 11) is 0. The van der Waals surface area contributed by atoms with Gasteiger partial charge in [-0.1, -0.05) is 12.1 Å². The summed E-state index contributed by atoms with van der Waals surface area (Å²) in [5.41, 5.74) is 5.81. The number of primary amides is 1. The number of carbonyl (C=O) groups is 2. The first-order valence-corrected chi connectivity index (χ1v) is 8.58. The van der Waals surface area contributed by atoms with Gasteiger partial charge in [-0.15, -0.1) is 11.8 Å². The fourth-order valence-electron chi connectivity index (χ4n) is 2.24. The van der Waals surface area contributed by atoms with Crippen molar-refractivity contribution in [3.8, 4) is 0 Å². The highest BCUT2D eigenvalue weighted by Crippen LogP contribution is 2.22. The molecule has 7 heteroatoms. The number of benzene rings is 1. The lowest BCUT2D eigenvalue weighted by atomic mass is 10.2. The van der Waals surface area contributed by atoms with Crippen molar-refractivity contribution in [2.45, 2.75) is 4.90 Å². The summed E-state index contributed by atoms with van der Waals surface area (Å²) < 4.78 is 5.28. The van der Waals surface area contributed by atoms with E-state index in [2.05, 4.69) is 10.2 Å². The van der Waals surface area contributed by atoms with Crippen LogP contribution >= 0.6 is 11.8 Å². The van der Waals surface area contributed by atoms with Crippen LogP contribution in [0.25, 0.3) is 0 Å². The number of hydrogen-bond acceptors (Lipinski definition) is 5. The second kappa shape index (κ2) is 9.54. The van der Waals surface area contributed by atoms with E-state index in [4.69, 9.17) is 10.5 Å². The van der Waals surface area contributed by atoms with Crippen LogP contribution in [-0.4, -0.2) is 61.9 Å². The quantitative estimate of drug-likeness (QED) is 0.677. The van der Waals surface area contributed by atoms with Gasteiger partial charge in [0.2, 0.25) is 11.8 Å². The Hall–Kier alpha value is -1.57. The maximum Gasteiger partial charge on any atom is 0.249 e. The molecule has 23 heavy (non-hydrogen) atoms. The van der Waals surface area contributed by atoms with Gasteiger partial charge in [0.1, 0.15) is 0 Å². The molecule has 0 saturated carbocycles. The summed E-state index contributed by atoms with van der Waals surface area (Å²) in [4.78, 5) is 26.1. The van der Waals surface area contributed by atoms with Crippen LogP contribution in [0.15, 0.2) is 29.2 Å². The van der Waals surface area contributed by atoms with Crippen LogP contribution in [0.5, 0.6) is 0 Å². The van der Waals surface area contributed by atoms with Gasteiger partial charge in [-0.05, 0) is 12.1 Å². The average molecular weight is 336 g/mol. The first kappa shape index (κ1) is 17.8. The van der Waals surface area contributed by atoms with Gasteiger partial charge in [-0.25, -0.2) is 0 Å². The molecule has 1 aromatic carbocycles. The number of ether oxygens (including phenoxy) is 1. The molecule has 1 aromatic rings. The molecular weight excluding hydrogens is 314 g/mol. The predicted molar refractivity (Wildman–Crippen MR) is 90.3 cm³/mol. The van der Waals surface area contributed by atoms with Crippen molar-refractivity contribution in [2.24, 2.45) is 5.73 Å². The average Bonchev–Trinajstić information content (AvgIpc) is 2.56. The summed E-state index contributed by atoms with van der Waals surface area (Å²) in [5.74, 6) is -0.0568. The van der Waals surface area contributed by atoms with Crippen LogP contribution in [0.3, 0.4) is 0 Å². The molecule has 1 aliphatic heterocycles. The zero-order valence-corrected chi connectivity index (χ0v) is 13.8. The number of rotatable bonds is 8. The van der Waals surface area contributed by atoms with Gasteiger partial charge >= 0.3 is 0 Å². The molecule has 125 valence electrons. The number of morpholine rings is 1. The van der Waals surface area contributed by atoms with Crippen LogP contribution in [-0.2, 0) is 9.53 Å². The van der Waals surface area contributed by atoms with Crippen molar-refractivity contribution in [1.29, 1.82) is 0 Å². The van der Waals surface area contributed by atoms with Crippen molar-refractivity contribution in [1.82, 2.24) is 10.2 Å². The fraction of sp³-hybridized carbons (Fsp3) is 0.438. The molecule has 1 radical (unpaired) electrons. The lowest BCUT2D eigenvalue weighted by Crippen LogP contribution is -2.41. The van der Waals surface area contributed by atoms with Crippen LogP contribution in [0.2, 0.25) is 0 Å². The highest BCUT2D eigenvalue weighted by atomic mass is 32.2. The summed E-state index contributed by atoms with van der Waals surface area (Å²) in [6.07, 6.45) is 1.59. The van der Waals surface area contributed by atoms with Gasteiger partial charge in [0.25, 0.3) is 0 Å². The number of carbonyl (C=O) groups excluding carboxylic acids is 2. The topological polar surface area (TPSA) is 84.7 Å². The van der Waals surface area contributed by atoms with Crippen molar-refractivity contribution in [2.75, 3.05) is 45.1 Å². The summed E-state index contributed by atoms with van der Waals surface area (Å²) in [6, 6.07) is 7.13. The van der Waals surface area contributed by atoms with Crippen LogP contribution in [0.1, 0.15) is 10.4 Å². The largest absolute Gasteiger partial charge is 0.379 e. The van der Waals surface area contributed by atoms with Crippen molar-refractivity contribution in [3.05, 3.63) is 36.2 Å². The highest BCUT2D eigenvalue weighted by Gasteiger charge is 2.11. The van der Waals surface area contributed by atoms with Gasteiger partial charge in [0, 0.05) is 36.8 Å². The zero-order chi connectivity index (χ0) is 16.5. The standard InChI is InChI=1S/C16H22N3O3S/c17-16(21)13-3-1-2-4-14(13)23-12-5-15(20)18-6-7-19-8-10-22-11-9-19/h1-5H,6-12H2,(H2,17,21)(H,18,20). The predicted octanol–water partition coefficient (Wildman–Crippen LogP) is 0.530. The van der Waals surface area contributed by atoms with Gasteiger partial charge < -0.3 is 15.8 Å². The Morgan fingerprint density at radius 2 is 2.04 bits per heavy atom. The van der Waals surface area contributed by atoms with E-state index in [1.807, 2.05) is 12.1 Å². The van der Waals surface area contributed by atoms with Gasteiger partial charge in [0.15, 0.2) is 0 Å². The molecule has 0 bridgehead atoms. The van der Waals surface area contributed by atoms with Crippen LogP contribution in [0.4, 0.5) is 0 Å². The van der Waals surface area contributed by atoms with E-state index in [0.717, 1.165) is 37.7 Å². The van der Waals surface area contributed by atoms with E-state index in [9.17, 15) is 9.59 Å². The summed E-state index contributed by atoms with van der Waals surface area (Å²) in [5, 5.41) is 2.87. The minimum absolute atomic E-state index is 0.0951. The van der Waals surface area contributed by atoms with Crippen LogP contribution in [0, 0.1) is 6.42 Å². The number of amides is 2. The number of nitrogens with one attached hydrogen (secondary N) is 1. The molecule has 2 rings (SSSR count). The molecule has 6 nitrogen and oxygen atoms in total. The Bertz CT molecular complexity index is 533.